The molecule has 0 aliphatic rings. The number of rotatable bonds is 2. The highest BCUT2D eigenvalue weighted by Crippen LogP contribution is 2.34. The highest BCUT2D eigenvalue weighted by molar-refractivity contribution is 9.10. The molecule has 0 saturated heterocycles. The topological polar surface area (TPSA) is 17.1 Å². The molecule has 0 aliphatic heterocycles. The van der Waals surface area contributed by atoms with Crippen molar-refractivity contribution in [1.82, 2.24) is 0 Å². The molecule has 60 valence electrons. The maximum Gasteiger partial charge on any atom is 0.169 e. The van der Waals surface area contributed by atoms with Crippen LogP contribution in [-0.4, -0.2) is 12.0 Å². The fourth-order valence-corrected chi connectivity index (χ4v) is 3.31. The third-order valence-corrected chi connectivity index (χ3v) is 4.71. The zero-order chi connectivity index (χ0) is 8.43. The lowest BCUT2D eigenvalue weighted by Crippen LogP contribution is -1.83. The molecule has 1 heterocycles. The third-order valence-electron chi connectivity index (χ3n) is 1.19. The molecule has 0 radical (unpaired) electrons. The van der Waals surface area contributed by atoms with Gasteiger partial charge >= 0.3 is 0 Å². The minimum absolute atomic E-state index is 0.135. The highest BCUT2D eigenvalue weighted by atomic mass is 79.9. The molecule has 1 nitrogen and oxygen atoms in total. The van der Waals surface area contributed by atoms with Gasteiger partial charge < -0.3 is 0 Å². The van der Waals surface area contributed by atoms with Crippen molar-refractivity contribution in [3.63, 3.8) is 0 Å². The van der Waals surface area contributed by atoms with Gasteiger partial charge in [-0.1, -0.05) is 0 Å². The molecular formula is C7H7BrOS2. The van der Waals surface area contributed by atoms with E-state index in [1.54, 1.807) is 18.7 Å². The Morgan fingerprint density at radius 3 is 2.64 bits per heavy atom. The Morgan fingerprint density at radius 1 is 1.73 bits per heavy atom. The average molecular weight is 251 g/mol. The number of hydrogen-bond acceptors (Lipinski definition) is 3. The summed E-state index contributed by atoms with van der Waals surface area (Å²) in [7, 11) is 0. The molecule has 0 aliphatic carbocycles. The van der Waals surface area contributed by atoms with Crippen LogP contribution in [0.1, 0.15) is 16.6 Å². The summed E-state index contributed by atoms with van der Waals surface area (Å²) in [4.78, 5) is 11.7. The summed E-state index contributed by atoms with van der Waals surface area (Å²) in [6, 6.07) is 1.87. The van der Waals surface area contributed by atoms with Crippen LogP contribution in [0.15, 0.2) is 14.7 Å². The quantitative estimate of drug-likeness (QED) is 0.591. The molecule has 0 spiro atoms. The molecule has 0 fully saturated rings. The Bertz CT molecular complexity index is 280. The first kappa shape index (κ1) is 9.29. The number of ketones is 1. The van der Waals surface area contributed by atoms with Crippen molar-refractivity contribution in [2.75, 3.05) is 6.26 Å². The van der Waals surface area contributed by atoms with Gasteiger partial charge in [0.05, 0.1) is 9.09 Å². The minimum atomic E-state index is 0.135. The third kappa shape index (κ3) is 2.07. The molecule has 0 unspecified atom stereocenters. The summed E-state index contributed by atoms with van der Waals surface area (Å²) in [5.41, 5.74) is 0. The van der Waals surface area contributed by atoms with E-state index in [9.17, 15) is 4.79 Å². The fraction of sp³-hybridized carbons (Fsp3) is 0.286. The lowest BCUT2D eigenvalue weighted by atomic mass is 10.4. The normalized spacial score (nSPS) is 10.1. The van der Waals surface area contributed by atoms with E-state index in [1.165, 1.54) is 11.3 Å². The summed E-state index contributed by atoms with van der Waals surface area (Å²) in [5, 5.41) is 0. The SMILES string of the molecule is CSc1sc(C(C)=O)cc1Br. The van der Waals surface area contributed by atoms with Crippen molar-refractivity contribution < 1.29 is 4.79 Å². The van der Waals surface area contributed by atoms with Gasteiger partial charge in [-0.05, 0) is 35.2 Å². The molecule has 0 N–H and O–H groups in total. The van der Waals surface area contributed by atoms with E-state index in [0.29, 0.717) is 0 Å². The molecule has 1 aromatic heterocycles. The van der Waals surface area contributed by atoms with Crippen LogP contribution in [0.25, 0.3) is 0 Å². The van der Waals surface area contributed by atoms with Gasteiger partial charge in [0.2, 0.25) is 0 Å². The van der Waals surface area contributed by atoms with Crippen LogP contribution in [0.2, 0.25) is 0 Å². The van der Waals surface area contributed by atoms with Crippen molar-refractivity contribution in [2.45, 2.75) is 11.1 Å². The summed E-state index contributed by atoms with van der Waals surface area (Å²) >= 11 is 6.57. The van der Waals surface area contributed by atoms with Crippen LogP contribution in [-0.2, 0) is 0 Å². The largest absolute Gasteiger partial charge is 0.294 e. The number of carbonyl (C=O) groups excluding carboxylic acids is 1. The van der Waals surface area contributed by atoms with Crippen molar-refractivity contribution in [3.8, 4) is 0 Å². The summed E-state index contributed by atoms with van der Waals surface area (Å²) in [6.07, 6.45) is 2.00. The van der Waals surface area contributed by atoms with Gasteiger partial charge in [-0.3, -0.25) is 4.79 Å². The first-order valence-corrected chi connectivity index (χ1v) is 5.83. The maximum absolute atomic E-state index is 10.9. The molecule has 1 aromatic rings. The summed E-state index contributed by atoms with van der Waals surface area (Å²) in [5.74, 6) is 0.135. The van der Waals surface area contributed by atoms with Gasteiger partial charge in [-0.2, -0.15) is 0 Å². The number of hydrogen-bond donors (Lipinski definition) is 0. The molecule has 11 heavy (non-hydrogen) atoms. The number of thioether (sulfide) groups is 1. The minimum Gasteiger partial charge on any atom is -0.294 e. The maximum atomic E-state index is 10.9. The number of carbonyl (C=O) groups is 1. The molecule has 0 bridgehead atoms. The summed E-state index contributed by atoms with van der Waals surface area (Å²) in [6.45, 7) is 1.59. The molecule has 1 rings (SSSR count). The van der Waals surface area contributed by atoms with E-state index >= 15 is 0 Å². The number of halogens is 1. The predicted molar refractivity (Wildman–Crippen MR) is 53.8 cm³/mol. The Hall–Kier alpha value is 0.200. The van der Waals surface area contributed by atoms with Gasteiger partial charge in [-0.25, -0.2) is 0 Å². The van der Waals surface area contributed by atoms with Crippen LogP contribution in [0.4, 0.5) is 0 Å². The zero-order valence-electron chi connectivity index (χ0n) is 6.18. The van der Waals surface area contributed by atoms with Crippen LogP contribution in [0.3, 0.4) is 0 Å². The van der Waals surface area contributed by atoms with E-state index in [-0.39, 0.29) is 5.78 Å². The Kier molecular flexibility index (Phi) is 3.16. The van der Waals surface area contributed by atoms with E-state index in [2.05, 4.69) is 15.9 Å². The van der Waals surface area contributed by atoms with Crippen molar-refractivity contribution in [2.24, 2.45) is 0 Å². The number of Topliss-reactive ketones (excluding diaryl/α,β-unsaturated/α-hetero) is 1. The van der Waals surface area contributed by atoms with Crippen LogP contribution in [0, 0.1) is 0 Å². The number of thiophene rings is 1. The molecule has 0 atom stereocenters. The van der Waals surface area contributed by atoms with Crippen LogP contribution < -0.4 is 0 Å². The lowest BCUT2D eigenvalue weighted by molar-refractivity contribution is 0.102. The van der Waals surface area contributed by atoms with Crippen LogP contribution in [0.5, 0.6) is 0 Å². The zero-order valence-corrected chi connectivity index (χ0v) is 9.40. The molecule has 0 amide bonds. The van der Waals surface area contributed by atoms with Gasteiger partial charge in [0.1, 0.15) is 0 Å². The summed E-state index contributed by atoms with van der Waals surface area (Å²) < 4.78 is 2.19. The predicted octanol–water partition coefficient (Wildman–Crippen LogP) is 3.44. The second-order valence-corrected chi connectivity index (χ2v) is 4.99. The van der Waals surface area contributed by atoms with E-state index in [4.69, 9.17) is 0 Å². The first-order chi connectivity index (χ1) is 5.15. The van der Waals surface area contributed by atoms with Crippen LogP contribution >= 0.6 is 39.0 Å². The Balaban J connectivity index is 3.05. The monoisotopic (exact) mass is 250 g/mol. The van der Waals surface area contributed by atoms with Gasteiger partial charge in [-0.15, -0.1) is 23.1 Å². The van der Waals surface area contributed by atoms with Crippen molar-refractivity contribution in [1.29, 1.82) is 0 Å². The van der Waals surface area contributed by atoms with E-state index in [0.717, 1.165) is 13.6 Å². The van der Waals surface area contributed by atoms with Crippen molar-refractivity contribution in [3.05, 3.63) is 15.4 Å². The molecule has 4 heteroatoms. The first-order valence-electron chi connectivity index (χ1n) is 2.99. The van der Waals surface area contributed by atoms with Crippen molar-refractivity contribution >= 4 is 44.8 Å². The van der Waals surface area contributed by atoms with E-state index < -0.39 is 0 Å². The Morgan fingerprint density at radius 2 is 2.36 bits per heavy atom. The van der Waals surface area contributed by atoms with E-state index in [1.807, 2.05) is 12.3 Å². The Labute approximate surface area is 82.3 Å². The smallest absolute Gasteiger partial charge is 0.169 e. The molecule has 0 aromatic carbocycles. The molecule has 0 saturated carbocycles. The fourth-order valence-electron chi connectivity index (χ4n) is 0.665. The molecular weight excluding hydrogens is 244 g/mol. The standard InChI is InChI=1S/C7H7BrOS2/c1-4(9)6-3-5(8)7(10-2)11-6/h3H,1-2H3. The lowest BCUT2D eigenvalue weighted by Gasteiger charge is -1.86. The average Bonchev–Trinajstić information content (AvgIpc) is 2.31. The van der Waals surface area contributed by atoms with Gasteiger partial charge in [0, 0.05) is 4.47 Å². The van der Waals surface area contributed by atoms with Gasteiger partial charge in [0.25, 0.3) is 0 Å². The second-order valence-electron chi connectivity index (χ2n) is 2.01. The second kappa shape index (κ2) is 3.74. The highest BCUT2D eigenvalue weighted by Gasteiger charge is 2.08. The van der Waals surface area contributed by atoms with Gasteiger partial charge in [0.15, 0.2) is 5.78 Å².